The minimum Gasteiger partial charge on any atom is -0.395 e. The Morgan fingerprint density at radius 1 is 1.50 bits per heavy atom. The average molecular weight is 293 g/mol. The van der Waals surface area contributed by atoms with Crippen molar-refractivity contribution in [2.24, 2.45) is 5.73 Å². The number of anilines is 1. The SMILES string of the molecule is NC(=S)c1ccccc1NC(=O)CN1CCCC1CO. The highest BCUT2D eigenvalue weighted by Crippen LogP contribution is 2.18. The average Bonchev–Trinajstić information content (AvgIpc) is 2.86. The van der Waals surface area contributed by atoms with Crippen LogP contribution in [0.1, 0.15) is 18.4 Å². The predicted molar refractivity (Wildman–Crippen MR) is 82.6 cm³/mol. The molecule has 0 aliphatic carbocycles. The third-order valence-electron chi connectivity index (χ3n) is 3.52. The number of likely N-dealkylation sites (tertiary alicyclic amines) is 1. The third-order valence-corrected chi connectivity index (χ3v) is 3.74. The Morgan fingerprint density at radius 2 is 2.25 bits per heavy atom. The molecule has 6 heteroatoms. The molecule has 1 aromatic carbocycles. The lowest BCUT2D eigenvalue weighted by Gasteiger charge is -2.22. The highest BCUT2D eigenvalue weighted by atomic mass is 32.1. The smallest absolute Gasteiger partial charge is 0.238 e. The molecule has 5 nitrogen and oxygen atoms in total. The number of rotatable bonds is 5. The van der Waals surface area contributed by atoms with Crippen LogP contribution in [0.5, 0.6) is 0 Å². The van der Waals surface area contributed by atoms with E-state index >= 15 is 0 Å². The second-order valence-electron chi connectivity index (χ2n) is 4.91. The Labute approximate surface area is 123 Å². The Kier molecular flexibility index (Phi) is 5.05. The summed E-state index contributed by atoms with van der Waals surface area (Å²) in [6, 6.07) is 7.30. The van der Waals surface area contributed by atoms with Crippen LogP contribution in [-0.2, 0) is 4.79 Å². The van der Waals surface area contributed by atoms with E-state index in [4.69, 9.17) is 18.0 Å². The molecule has 1 fully saturated rings. The van der Waals surface area contributed by atoms with Crippen molar-refractivity contribution in [3.8, 4) is 0 Å². The lowest BCUT2D eigenvalue weighted by atomic mass is 10.1. The van der Waals surface area contributed by atoms with Crippen molar-refractivity contribution in [3.05, 3.63) is 29.8 Å². The summed E-state index contributed by atoms with van der Waals surface area (Å²) in [4.78, 5) is 14.3. The van der Waals surface area contributed by atoms with Crippen LogP contribution in [0.3, 0.4) is 0 Å². The van der Waals surface area contributed by atoms with Crippen LogP contribution in [0.4, 0.5) is 5.69 Å². The number of aliphatic hydroxyl groups is 1. The zero-order chi connectivity index (χ0) is 14.5. The molecule has 1 saturated heterocycles. The maximum Gasteiger partial charge on any atom is 0.238 e. The summed E-state index contributed by atoms with van der Waals surface area (Å²) in [6.07, 6.45) is 1.95. The van der Waals surface area contributed by atoms with Crippen molar-refractivity contribution in [1.82, 2.24) is 4.90 Å². The first kappa shape index (κ1) is 14.9. The fourth-order valence-electron chi connectivity index (χ4n) is 2.49. The number of carbonyl (C=O) groups excluding carboxylic acids is 1. The van der Waals surface area contributed by atoms with E-state index in [1.165, 1.54) is 0 Å². The fourth-order valence-corrected chi connectivity index (χ4v) is 2.67. The van der Waals surface area contributed by atoms with Crippen molar-refractivity contribution in [1.29, 1.82) is 0 Å². The van der Waals surface area contributed by atoms with Crippen molar-refractivity contribution in [3.63, 3.8) is 0 Å². The molecule has 0 bridgehead atoms. The van der Waals surface area contributed by atoms with Gasteiger partial charge in [-0.3, -0.25) is 9.69 Å². The summed E-state index contributed by atoms with van der Waals surface area (Å²) in [7, 11) is 0. The van der Waals surface area contributed by atoms with Gasteiger partial charge in [0.05, 0.1) is 18.8 Å². The molecule has 108 valence electrons. The molecular formula is C14H19N3O2S. The van der Waals surface area contributed by atoms with Crippen LogP contribution in [0, 0.1) is 0 Å². The molecule has 0 spiro atoms. The summed E-state index contributed by atoms with van der Waals surface area (Å²) < 4.78 is 0. The Balaban J connectivity index is 2.00. The first-order valence-electron chi connectivity index (χ1n) is 6.65. The number of benzene rings is 1. The molecule has 2 rings (SSSR count). The van der Waals surface area contributed by atoms with Gasteiger partial charge in [0.2, 0.25) is 5.91 Å². The van der Waals surface area contributed by atoms with Gasteiger partial charge in [0.15, 0.2) is 0 Å². The van der Waals surface area contributed by atoms with Gasteiger partial charge in [-0.2, -0.15) is 0 Å². The zero-order valence-electron chi connectivity index (χ0n) is 11.2. The Bertz CT molecular complexity index is 507. The Hall–Kier alpha value is -1.50. The number of nitrogens with one attached hydrogen (secondary N) is 1. The van der Waals surface area contributed by atoms with Gasteiger partial charge in [0.1, 0.15) is 4.99 Å². The predicted octanol–water partition coefficient (Wildman–Crippen LogP) is 0.716. The number of aliphatic hydroxyl groups excluding tert-OH is 1. The Morgan fingerprint density at radius 3 is 2.95 bits per heavy atom. The van der Waals surface area contributed by atoms with E-state index in [1.807, 2.05) is 17.0 Å². The summed E-state index contributed by atoms with van der Waals surface area (Å²) in [5.74, 6) is -0.117. The van der Waals surface area contributed by atoms with E-state index < -0.39 is 0 Å². The molecule has 1 amide bonds. The van der Waals surface area contributed by atoms with Gasteiger partial charge in [-0.25, -0.2) is 0 Å². The van der Waals surface area contributed by atoms with Crippen molar-refractivity contribution < 1.29 is 9.90 Å². The van der Waals surface area contributed by atoms with Gasteiger partial charge in [0.25, 0.3) is 0 Å². The zero-order valence-corrected chi connectivity index (χ0v) is 12.0. The number of para-hydroxylation sites is 1. The molecule has 1 heterocycles. The number of hydrogen-bond donors (Lipinski definition) is 3. The summed E-state index contributed by atoms with van der Waals surface area (Å²) >= 11 is 4.97. The lowest BCUT2D eigenvalue weighted by molar-refractivity contribution is -0.117. The van der Waals surface area contributed by atoms with E-state index in [0.29, 0.717) is 11.3 Å². The number of hydrogen-bond acceptors (Lipinski definition) is 4. The van der Waals surface area contributed by atoms with Crippen LogP contribution in [0.2, 0.25) is 0 Å². The van der Waals surface area contributed by atoms with E-state index in [-0.39, 0.29) is 30.1 Å². The summed E-state index contributed by atoms with van der Waals surface area (Å²) in [5.41, 5.74) is 6.93. The second-order valence-corrected chi connectivity index (χ2v) is 5.35. The molecule has 1 aliphatic rings. The molecule has 1 unspecified atom stereocenters. The molecular weight excluding hydrogens is 274 g/mol. The number of carbonyl (C=O) groups is 1. The largest absolute Gasteiger partial charge is 0.395 e. The maximum absolute atomic E-state index is 12.1. The molecule has 1 aliphatic heterocycles. The van der Waals surface area contributed by atoms with Gasteiger partial charge < -0.3 is 16.2 Å². The van der Waals surface area contributed by atoms with Gasteiger partial charge >= 0.3 is 0 Å². The van der Waals surface area contributed by atoms with Gasteiger partial charge in [0, 0.05) is 11.6 Å². The summed E-state index contributed by atoms with van der Waals surface area (Å²) in [5, 5.41) is 12.1. The van der Waals surface area contributed by atoms with E-state index in [9.17, 15) is 9.90 Å². The molecule has 1 atom stereocenters. The van der Waals surface area contributed by atoms with E-state index in [2.05, 4.69) is 5.32 Å². The number of nitrogens with two attached hydrogens (primary N) is 1. The van der Waals surface area contributed by atoms with Gasteiger partial charge in [-0.05, 0) is 31.5 Å². The molecule has 1 aromatic rings. The van der Waals surface area contributed by atoms with Crippen LogP contribution < -0.4 is 11.1 Å². The van der Waals surface area contributed by atoms with Gasteiger partial charge in [-0.1, -0.05) is 24.4 Å². The molecule has 0 aromatic heterocycles. The highest BCUT2D eigenvalue weighted by molar-refractivity contribution is 7.80. The first-order valence-corrected chi connectivity index (χ1v) is 7.06. The van der Waals surface area contributed by atoms with Crippen LogP contribution in [-0.4, -0.2) is 46.6 Å². The molecule has 4 N–H and O–H groups in total. The quantitative estimate of drug-likeness (QED) is 0.697. The fraction of sp³-hybridized carbons (Fsp3) is 0.429. The lowest BCUT2D eigenvalue weighted by Crippen LogP contribution is -2.38. The van der Waals surface area contributed by atoms with E-state index in [1.54, 1.807) is 12.1 Å². The minimum atomic E-state index is -0.117. The number of thiocarbonyl (C=S) groups is 1. The number of amides is 1. The van der Waals surface area contributed by atoms with E-state index in [0.717, 1.165) is 19.4 Å². The molecule has 0 saturated carbocycles. The van der Waals surface area contributed by atoms with Gasteiger partial charge in [-0.15, -0.1) is 0 Å². The number of nitrogens with zero attached hydrogens (tertiary/aromatic N) is 1. The molecule has 20 heavy (non-hydrogen) atoms. The first-order chi connectivity index (χ1) is 9.61. The standard InChI is InChI=1S/C14H19N3O2S/c15-14(20)11-5-1-2-6-12(11)16-13(19)8-17-7-3-4-10(17)9-18/h1-2,5-6,10,18H,3-4,7-9H2,(H2,15,20)(H,16,19). The van der Waals surface area contributed by atoms with Crippen molar-refractivity contribution >= 4 is 28.8 Å². The normalized spacial score (nSPS) is 18.9. The third kappa shape index (κ3) is 3.53. The molecule has 0 radical (unpaired) electrons. The van der Waals surface area contributed by atoms with Crippen LogP contribution >= 0.6 is 12.2 Å². The second kappa shape index (κ2) is 6.78. The topological polar surface area (TPSA) is 78.6 Å². The van der Waals surface area contributed by atoms with Crippen LogP contribution in [0.25, 0.3) is 0 Å². The van der Waals surface area contributed by atoms with Crippen molar-refractivity contribution in [2.75, 3.05) is 25.0 Å². The highest BCUT2D eigenvalue weighted by Gasteiger charge is 2.25. The summed E-state index contributed by atoms with van der Waals surface area (Å²) in [6.45, 7) is 1.21. The van der Waals surface area contributed by atoms with Crippen molar-refractivity contribution in [2.45, 2.75) is 18.9 Å². The minimum absolute atomic E-state index is 0.0894. The maximum atomic E-state index is 12.1. The monoisotopic (exact) mass is 293 g/mol. The van der Waals surface area contributed by atoms with Crippen LogP contribution in [0.15, 0.2) is 24.3 Å².